The summed E-state index contributed by atoms with van der Waals surface area (Å²) < 4.78 is 99.0. The topological polar surface area (TPSA) is 97.7 Å². The summed E-state index contributed by atoms with van der Waals surface area (Å²) in [5, 5.41) is 0. The van der Waals surface area contributed by atoms with Gasteiger partial charge in [-0.3, -0.25) is 4.55 Å². The van der Waals surface area contributed by atoms with Crippen molar-refractivity contribution in [2.45, 2.75) is 143 Å². The molecule has 0 aliphatic heterocycles. The van der Waals surface area contributed by atoms with Crippen LogP contribution in [0.3, 0.4) is 0 Å². The number of benzene rings is 2. The summed E-state index contributed by atoms with van der Waals surface area (Å²) in [6, 6.07) is 4.16. The fraction of sp³-hybridized carbons (Fsp3) is 0.636. The summed E-state index contributed by atoms with van der Waals surface area (Å²) in [4.78, 5) is -1.01. The molecular formula is C33H42F2O6S2. The first-order valence-corrected chi connectivity index (χ1v) is 19.0. The van der Waals surface area contributed by atoms with E-state index in [2.05, 4.69) is 12.1 Å². The third-order valence-corrected chi connectivity index (χ3v) is 12.7. The molecule has 0 radical (unpaired) electrons. The highest BCUT2D eigenvalue weighted by atomic mass is 32.2. The van der Waals surface area contributed by atoms with Crippen LogP contribution < -0.4 is 4.18 Å². The van der Waals surface area contributed by atoms with Crippen molar-refractivity contribution in [3.63, 3.8) is 0 Å². The maximum atomic E-state index is 15.6. The molecule has 0 unspecified atom stereocenters. The lowest BCUT2D eigenvalue weighted by Crippen LogP contribution is -2.22. The fourth-order valence-electron chi connectivity index (χ4n) is 8.31. The van der Waals surface area contributed by atoms with Crippen molar-refractivity contribution in [3.05, 3.63) is 51.6 Å². The second-order valence-electron chi connectivity index (χ2n) is 13.1. The van der Waals surface area contributed by atoms with Crippen LogP contribution in [0.5, 0.6) is 5.75 Å². The second-order valence-corrected chi connectivity index (χ2v) is 16.0. The highest BCUT2D eigenvalue weighted by Crippen LogP contribution is 2.47. The molecule has 0 atom stereocenters. The van der Waals surface area contributed by atoms with Crippen LogP contribution in [0.4, 0.5) is 8.78 Å². The van der Waals surface area contributed by atoms with Crippen LogP contribution in [0.2, 0.25) is 0 Å². The molecule has 0 heterocycles. The van der Waals surface area contributed by atoms with E-state index in [9.17, 15) is 21.4 Å². The largest absolute Gasteiger partial charge is 0.375 e. The maximum Gasteiger partial charge on any atom is 0.339 e. The average Bonchev–Trinajstić information content (AvgIpc) is 3.48. The quantitative estimate of drug-likeness (QED) is 0.241. The van der Waals surface area contributed by atoms with E-state index in [-0.39, 0.29) is 40.7 Å². The van der Waals surface area contributed by atoms with Crippen molar-refractivity contribution in [2.24, 2.45) is 0 Å². The number of halogens is 2. The van der Waals surface area contributed by atoms with E-state index in [0.29, 0.717) is 12.3 Å². The number of hydrogen-bond acceptors (Lipinski definition) is 5. The molecule has 3 fully saturated rings. The molecule has 6 rings (SSSR count). The Morgan fingerprint density at radius 1 is 0.605 bits per heavy atom. The minimum atomic E-state index is -5.07. The van der Waals surface area contributed by atoms with Gasteiger partial charge in [0.05, 0.1) is 0 Å². The van der Waals surface area contributed by atoms with Crippen molar-refractivity contribution in [1.82, 2.24) is 0 Å². The minimum absolute atomic E-state index is 0.00708. The van der Waals surface area contributed by atoms with Crippen LogP contribution in [-0.2, 0) is 33.1 Å². The number of fused-ring (bicyclic) bond motifs is 1. The van der Waals surface area contributed by atoms with E-state index in [4.69, 9.17) is 4.18 Å². The predicted molar refractivity (Wildman–Crippen MR) is 160 cm³/mol. The molecule has 0 saturated heterocycles. The van der Waals surface area contributed by atoms with E-state index < -0.39 is 42.5 Å². The molecule has 4 aliphatic rings. The normalized spacial score (nSPS) is 21.2. The molecule has 0 spiro atoms. The van der Waals surface area contributed by atoms with Gasteiger partial charge in [-0.15, -0.1) is 0 Å². The molecule has 2 aromatic rings. The van der Waals surface area contributed by atoms with Gasteiger partial charge in [-0.25, -0.2) is 4.39 Å². The average molecular weight is 637 g/mol. The molecule has 10 heteroatoms. The Morgan fingerprint density at radius 2 is 1.07 bits per heavy atom. The molecule has 2 aromatic carbocycles. The Kier molecular flexibility index (Phi) is 8.92. The van der Waals surface area contributed by atoms with Gasteiger partial charge in [0.25, 0.3) is 10.1 Å². The van der Waals surface area contributed by atoms with Gasteiger partial charge in [-0.1, -0.05) is 69.9 Å². The van der Waals surface area contributed by atoms with E-state index in [0.717, 1.165) is 101 Å². The van der Waals surface area contributed by atoms with Crippen molar-refractivity contribution >= 4 is 20.2 Å². The summed E-state index contributed by atoms with van der Waals surface area (Å²) in [6.07, 6.45) is 15.9. The SMILES string of the molecule is O=S(=O)(O)c1c(F)c(F)c(OS(=O)(=O)c2c(C3CCCCC3)cc(C3CCCCC3)cc2C2CCCCC2)c2c1CCC2. The summed E-state index contributed by atoms with van der Waals surface area (Å²) >= 11 is 0. The highest BCUT2D eigenvalue weighted by molar-refractivity contribution is 7.87. The van der Waals surface area contributed by atoms with Crippen LogP contribution in [-0.4, -0.2) is 21.4 Å². The second kappa shape index (κ2) is 12.4. The van der Waals surface area contributed by atoms with Crippen LogP contribution >= 0.6 is 0 Å². The Labute approximate surface area is 254 Å². The molecule has 43 heavy (non-hydrogen) atoms. The Hall–Kier alpha value is -2.04. The Balaban J connectivity index is 1.53. The lowest BCUT2D eigenvalue weighted by molar-refractivity contribution is 0.405. The van der Waals surface area contributed by atoms with Crippen LogP contribution in [0, 0.1) is 11.6 Å². The first-order chi connectivity index (χ1) is 20.6. The standard InChI is InChI=1S/C33H42F2O6S2/c34-29-30(35)33(42(36,37)38)26-18-10-17-25(26)31(29)41-43(39,40)32-27(22-13-6-2-7-14-22)19-24(21-11-4-1-5-12-21)20-28(32)23-15-8-3-9-16-23/h19-23H,1-18H2,(H,36,37,38). The maximum absolute atomic E-state index is 15.6. The molecule has 4 aliphatic carbocycles. The Morgan fingerprint density at radius 3 is 1.56 bits per heavy atom. The van der Waals surface area contributed by atoms with Crippen molar-refractivity contribution in [3.8, 4) is 5.75 Å². The summed E-state index contributed by atoms with van der Waals surface area (Å²) in [5.41, 5.74) is 2.56. The first-order valence-electron chi connectivity index (χ1n) is 16.2. The zero-order valence-corrected chi connectivity index (χ0v) is 26.3. The highest BCUT2D eigenvalue weighted by Gasteiger charge is 2.39. The van der Waals surface area contributed by atoms with E-state index >= 15 is 8.78 Å². The zero-order chi connectivity index (χ0) is 30.4. The van der Waals surface area contributed by atoms with Gasteiger partial charge in [-0.2, -0.15) is 21.2 Å². The zero-order valence-electron chi connectivity index (χ0n) is 24.7. The third kappa shape index (κ3) is 6.12. The molecule has 0 amide bonds. The predicted octanol–water partition coefficient (Wildman–Crippen LogP) is 8.61. The van der Waals surface area contributed by atoms with E-state index in [1.807, 2.05) is 0 Å². The van der Waals surface area contributed by atoms with Gasteiger partial charge in [0.15, 0.2) is 11.6 Å². The minimum Gasteiger partial charge on any atom is -0.375 e. The van der Waals surface area contributed by atoms with Crippen LogP contribution in [0.1, 0.15) is 148 Å². The lowest BCUT2D eigenvalue weighted by atomic mass is 9.76. The monoisotopic (exact) mass is 636 g/mol. The van der Waals surface area contributed by atoms with Crippen molar-refractivity contribution < 1.29 is 34.4 Å². The first kappa shape index (κ1) is 31.0. The fourth-order valence-corrected chi connectivity index (χ4v) is 10.7. The van der Waals surface area contributed by atoms with Crippen molar-refractivity contribution in [1.29, 1.82) is 0 Å². The molecule has 0 aromatic heterocycles. The molecule has 1 N–H and O–H groups in total. The number of rotatable bonds is 7. The van der Waals surface area contributed by atoms with Gasteiger partial charge in [-0.05, 0) is 97.8 Å². The van der Waals surface area contributed by atoms with E-state index in [1.165, 1.54) is 12.0 Å². The smallest absolute Gasteiger partial charge is 0.339 e. The van der Waals surface area contributed by atoms with E-state index in [1.54, 1.807) is 0 Å². The van der Waals surface area contributed by atoms with Gasteiger partial charge in [0, 0.05) is 5.56 Å². The van der Waals surface area contributed by atoms with Gasteiger partial charge in [0.1, 0.15) is 9.79 Å². The van der Waals surface area contributed by atoms with Crippen molar-refractivity contribution in [2.75, 3.05) is 0 Å². The Bertz CT molecular complexity index is 1540. The molecular weight excluding hydrogens is 594 g/mol. The summed E-state index contributed by atoms with van der Waals surface area (Å²) in [5.74, 6) is -3.85. The van der Waals surface area contributed by atoms with Gasteiger partial charge < -0.3 is 4.18 Å². The lowest BCUT2D eigenvalue weighted by Gasteiger charge is -2.32. The third-order valence-electron chi connectivity index (χ3n) is 10.4. The number of hydrogen-bond donors (Lipinski definition) is 1. The molecule has 6 nitrogen and oxygen atoms in total. The summed E-state index contributed by atoms with van der Waals surface area (Å²) in [6.45, 7) is 0. The van der Waals surface area contributed by atoms with Gasteiger partial charge in [0.2, 0.25) is 5.82 Å². The molecule has 0 bridgehead atoms. The van der Waals surface area contributed by atoms with Gasteiger partial charge >= 0.3 is 10.1 Å². The molecule has 3 saturated carbocycles. The van der Waals surface area contributed by atoms with Crippen LogP contribution in [0.15, 0.2) is 21.9 Å². The summed E-state index contributed by atoms with van der Waals surface area (Å²) in [7, 11) is -9.72. The van der Waals surface area contributed by atoms with Crippen LogP contribution in [0.25, 0.3) is 0 Å². The molecule has 236 valence electrons.